The third-order valence-electron chi connectivity index (χ3n) is 3.94. The fourth-order valence-corrected chi connectivity index (χ4v) is 4.48. The molecule has 0 saturated heterocycles. The third kappa shape index (κ3) is 5.52. The molecule has 0 heterocycles. The lowest BCUT2D eigenvalue weighted by Crippen LogP contribution is -2.00. The maximum absolute atomic E-state index is 6.25. The van der Waals surface area contributed by atoms with Gasteiger partial charge in [-0.15, -0.1) is 0 Å². The molecule has 0 saturated carbocycles. The van der Waals surface area contributed by atoms with E-state index in [4.69, 9.17) is 39.5 Å². The molecule has 0 radical (unpaired) electrons. The Bertz CT molecular complexity index is 1050. The lowest BCUT2D eigenvalue weighted by Gasteiger charge is -2.13. The summed E-state index contributed by atoms with van der Waals surface area (Å²) in [6, 6.07) is 14.8. The molecule has 7 heteroatoms. The zero-order valence-electron chi connectivity index (χ0n) is 14.6. The van der Waals surface area contributed by atoms with Crippen molar-refractivity contribution in [3.63, 3.8) is 0 Å². The number of nitrogens with zero attached hydrogens (tertiary/aromatic N) is 1. The van der Waals surface area contributed by atoms with Crippen molar-refractivity contribution >= 4 is 78.6 Å². The second-order valence-corrected chi connectivity index (χ2v) is 9.07. The quantitative estimate of drug-likeness (QED) is 0.285. The second kappa shape index (κ2) is 9.64. The largest absolute Gasteiger partial charge is 0.487 e. The molecule has 0 aliphatic heterocycles. The summed E-state index contributed by atoms with van der Waals surface area (Å²) >= 11 is 25.4. The molecule has 144 valence electrons. The average molecular weight is 563 g/mol. The molecule has 0 fully saturated rings. The van der Waals surface area contributed by atoms with Crippen molar-refractivity contribution in [2.75, 3.05) is 0 Å². The van der Waals surface area contributed by atoms with Gasteiger partial charge in [-0.2, -0.15) is 0 Å². The van der Waals surface area contributed by atoms with E-state index in [0.717, 1.165) is 31.3 Å². The van der Waals surface area contributed by atoms with E-state index in [-0.39, 0.29) is 0 Å². The van der Waals surface area contributed by atoms with Crippen molar-refractivity contribution in [2.24, 2.45) is 4.99 Å². The van der Waals surface area contributed by atoms with Crippen LogP contribution in [0.4, 0.5) is 5.69 Å². The highest BCUT2D eigenvalue weighted by atomic mass is 79.9. The van der Waals surface area contributed by atoms with Gasteiger partial charge in [0.2, 0.25) is 0 Å². The molecule has 28 heavy (non-hydrogen) atoms. The lowest BCUT2D eigenvalue weighted by atomic mass is 10.2. The predicted molar refractivity (Wildman–Crippen MR) is 126 cm³/mol. The molecule has 0 spiro atoms. The molecule has 3 aromatic rings. The van der Waals surface area contributed by atoms with Crippen molar-refractivity contribution in [3.05, 3.63) is 89.2 Å². The number of rotatable bonds is 5. The van der Waals surface area contributed by atoms with Crippen LogP contribution in [0.5, 0.6) is 5.75 Å². The summed E-state index contributed by atoms with van der Waals surface area (Å²) in [5.74, 6) is 0.664. The lowest BCUT2D eigenvalue weighted by molar-refractivity contribution is 0.304. The minimum Gasteiger partial charge on any atom is -0.487 e. The average Bonchev–Trinajstić information content (AvgIpc) is 2.63. The molecule has 0 atom stereocenters. The van der Waals surface area contributed by atoms with Gasteiger partial charge in [0, 0.05) is 36.9 Å². The van der Waals surface area contributed by atoms with Crippen LogP contribution in [0.15, 0.2) is 62.5 Å². The highest BCUT2D eigenvalue weighted by Gasteiger charge is 2.11. The number of halogens is 5. The van der Waals surface area contributed by atoms with Crippen molar-refractivity contribution in [1.82, 2.24) is 0 Å². The van der Waals surface area contributed by atoms with E-state index in [2.05, 4.69) is 36.9 Å². The van der Waals surface area contributed by atoms with E-state index in [1.54, 1.807) is 18.3 Å². The van der Waals surface area contributed by atoms with E-state index in [1.165, 1.54) is 0 Å². The predicted octanol–water partition coefficient (Wildman–Crippen LogP) is 8.81. The standard InChI is InChI=1S/C21H14Br2Cl3NO/c1-12-2-4-17(25)9-20(12)27-10-14-6-15(22)7-18(23)21(14)28-11-13-3-5-16(24)8-19(13)26/h2-10H,11H2,1H3. The van der Waals surface area contributed by atoms with Gasteiger partial charge >= 0.3 is 0 Å². The highest BCUT2D eigenvalue weighted by Crippen LogP contribution is 2.34. The van der Waals surface area contributed by atoms with Crippen LogP contribution in [0.2, 0.25) is 15.1 Å². The Balaban J connectivity index is 1.91. The van der Waals surface area contributed by atoms with Gasteiger partial charge in [-0.3, -0.25) is 4.99 Å². The Morgan fingerprint density at radius 1 is 0.964 bits per heavy atom. The Labute approximate surface area is 195 Å². The van der Waals surface area contributed by atoms with Crippen LogP contribution in [0.25, 0.3) is 0 Å². The van der Waals surface area contributed by atoms with Gasteiger partial charge in [0.25, 0.3) is 0 Å². The number of aryl methyl sites for hydroxylation is 1. The van der Waals surface area contributed by atoms with Gasteiger partial charge in [-0.1, -0.05) is 62.9 Å². The molecule has 3 rings (SSSR count). The summed E-state index contributed by atoms with van der Waals surface area (Å²) in [5, 5.41) is 1.79. The summed E-state index contributed by atoms with van der Waals surface area (Å²) < 4.78 is 7.76. The van der Waals surface area contributed by atoms with E-state index in [1.807, 2.05) is 43.3 Å². The van der Waals surface area contributed by atoms with Crippen molar-refractivity contribution in [2.45, 2.75) is 13.5 Å². The summed E-state index contributed by atoms with van der Waals surface area (Å²) in [6.45, 7) is 2.28. The molecule has 0 N–H and O–H groups in total. The first kappa shape index (κ1) is 21.7. The molecule has 0 amide bonds. The van der Waals surface area contributed by atoms with Crippen LogP contribution in [0, 0.1) is 6.92 Å². The van der Waals surface area contributed by atoms with Gasteiger partial charge in [-0.05, 0) is 64.8 Å². The van der Waals surface area contributed by atoms with E-state index in [9.17, 15) is 0 Å². The van der Waals surface area contributed by atoms with Crippen LogP contribution in [-0.2, 0) is 6.61 Å². The Morgan fingerprint density at radius 3 is 2.43 bits per heavy atom. The maximum Gasteiger partial charge on any atom is 0.142 e. The van der Waals surface area contributed by atoms with Crippen molar-refractivity contribution in [3.8, 4) is 5.75 Å². The summed E-state index contributed by atoms with van der Waals surface area (Å²) in [4.78, 5) is 4.59. The van der Waals surface area contributed by atoms with Crippen LogP contribution >= 0.6 is 66.7 Å². The van der Waals surface area contributed by atoms with E-state index < -0.39 is 0 Å². The molecular weight excluding hydrogens is 548 g/mol. The first-order valence-corrected chi connectivity index (χ1v) is 10.9. The van der Waals surface area contributed by atoms with Gasteiger partial charge in [0.15, 0.2) is 0 Å². The number of ether oxygens (including phenoxy) is 1. The molecular formula is C21H14Br2Cl3NO. The first-order chi connectivity index (χ1) is 13.3. The zero-order valence-corrected chi connectivity index (χ0v) is 20.1. The molecule has 2 nitrogen and oxygen atoms in total. The Hall–Kier alpha value is -1.04. The summed E-state index contributed by atoms with van der Waals surface area (Å²) in [5.41, 5.74) is 3.49. The van der Waals surface area contributed by atoms with Gasteiger partial charge < -0.3 is 4.74 Å². The first-order valence-electron chi connectivity index (χ1n) is 8.19. The number of hydrogen-bond donors (Lipinski definition) is 0. The minimum atomic E-state index is 0.299. The number of aliphatic imine (C=N–C) groups is 1. The topological polar surface area (TPSA) is 21.6 Å². The zero-order chi connectivity index (χ0) is 20.3. The summed E-state index contributed by atoms with van der Waals surface area (Å²) in [7, 11) is 0. The van der Waals surface area contributed by atoms with E-state index >= 15 is 0 Å². The number of benzene rings is 3. The molecule has 0 bridgehead atoms. The normalized spacial score (nSPS) is 11.2. The maximum atomic E-state index is 6.25. The minimum absolute atomic E-state index is 0.299. The fourth-order valence-electron chi connectivity index (χ4n) is 2.48. The highest BCUT2D eigenvalue weighted by molar-refractivity contribution is 9.11. The summed E-state index contributed by atoms with van der Waals surface area (Å²) in [6.07, 6.45) is 1.76. The Kier molecular flexibility index (Phi) is 7.46. The number of hydrogen-bond acceptors (Lipinski definition) is 2. The Morgan fingerprint density at radius 2 is 1.68 bits per heavy atom. The molecule has 0 aromatic heterocycles. The fraction of sp³-hybridized carbons (Fsp3) is 0.0952. The molecule has 0 aliphatic rings. The van der Waals surface area contributed by atoms with Crippen LogP contribution in [-0.4, -0.2) is 6.21 Å². The molecule has 3 aromatic carbocycles. The SMILES string of the molecule is Cc1ccc(Cl)cc1N=Cc1cc(Br)cc(Br)c1OCc1ccc(Cl)cc1Cl. The van der Waals surface area contributed by atoms with Crippen LogP contribution in [0.3, 0.4) is 0 Å². The van der Waals surface area contributed by atoms with Crippen LogP contribution < -0.4 is 4.74 Å². The van der Waals surface area contributed by atoms with Gasteiger partial charge in [0.1, 0.15) is 12.4 Å². The third-order valence-corrected chi connectivity index (χ3v) is 5.81. The second-order valence-electron chi connectivity index (χ2n) is 6.02. The van der Waals surface area contributed by atoms with Gasteiger partial charge in [0.05, 0.1) is 10.2 Å². The molecule has 0 unspecified atom stereocenters. The molecule has 0 aliphatic carbocycles. The smallest absolute Gasteiger partial charge is 0.142 e. The van der Waals surface area contributed by atoms with E-state index in [0.29, 0.717) is 27.4 Å². The van der Waals surface area contributed by atoms with Crippen LogP contribution in [0.1, 0.15) is 16.7 Å². The van der Waals surface area contributed by atoms with Crippen molar-refractivity contribution < 1.29 is 4.74 Å². The van der Waals surface area contributed by atoms with Crippen molar-refractivity contribution in [1.29, 1.82) is 0 Å². The van der Waals surface area contributed by atoms with Gasteiger partial charge in [-0.25, -0.2) is 0 Å². The monoisotopic (exact) mass is 559 g/mol.